The minimum atomic E-state index is -0.409. The van der Waals surface area contributed by atoms with E-state index in [1.807, 2.05) is 80.6 Å². The number of methoxy groups -OCH3 is 1. The minimum Gasteiger partial charge on any atom is -0.493 e. The van der Waals surface area contributed by atoms with E-state index >= 15 is 0 Å². The topological polar surface area (TPSA) is 65.1 Å². The Morgan fingerprint density at radius 2 is 1.74 bits per heavy atom. The van der Waals surface area contributed by atoms with E-state index in [1.54, 1.807) is 12.0 Å². The predicted octanol–water partition coefficient (Wildman–Crippen LogP) is 5.22. The molecule has 2 aliphatic heterocycles. The van der Waals surface area contributed by atoms with Crippen LogP contribution in [0.4, 0.5) is 5.69 Å². The molecule has 0 bridgehead atoms. The normalized spacial score (nSPS) is 17.3. The van der Waals surface area contributed by atoms with Crippen LogP contribution in [0.15, 0.2) is 78.0 Å². The number of esters is 1. The lowest BCUT2D eigenvalue weighted by atomic mass is 9.84. The molecule has 0 aliphatic carbocycles. The smallest absolute Gasteiger partial charge is 0.336 e. The minimum absolute atomic E-state index is 0.0729. The van der Waals surface area contributed by atoms with Crippen molar-refractivity contribution in [2.75, 3.05) is 18.6 Å². The lowest BCUT2D eigenvalue weighted by molar-refractivity contribution is -0.136. The largest absolute Gasteiger partial charge is 0.493 e. The van der Waals surface area contributed by atoms with Gasteiger partial charge in [-0.3, -0.25) is 9.69 Å². The van der Waals surface area contributed by atoms with Crippen molar-refractivity contribution in [1.82, 2.24) is 0 Å². The Morgan fingerprint density at radius 1 is 0.943 bits per heavy atom. The number of nitrogens with zero attached hydrogens (tertiary/aromatic N) is 1. The van der Waals surface area contributed by atoms with Gasteiger partial charge in [-0.2, -0.15) is 0 Å². The van der Waals surface area contributed by atoms with Crippen LogP contribution in [0.5, 0.6) is 11.5 Å². The van der Waals surface area contributed by atoms with Gasteiger partial charge in [-0.05, 0) is 54.8 Å². The Labute approximate surface area is 204 Å². The zero-order valence-electron chi connectivity index (χ0n) is 20.0. The van der Waals surface area contributed by atoms with Gasteiger partial charge in [0, 0.05) is 18.0 Å². The first kappa shape index (κ1) is 22.7. The molecule has 2 aliphatic rings. The van der Waals surface area contributed by atoms with E-state index < -0.39 is 5.92 Å². The number of hydrogen-bond acceptors (Lipinski definition) is 5. The third kappa shape index (κ3) is 4.39. The van der Waals surface area contributed by atoms with Gasteiger partial charge in [-0.15, -0.1) is 0 Å². The number of rotatable bonds is 6. The Morgan fingerprint density at radius 3 is 2.49 bits per heavy atom. The highest BCUT2D eigenvalue weighted by atomic mass is 16.5. The van der Waals surface area contributed by atoms with E-state index in [9.17, 15) is 9.59 Å². The molecule has 0 saturated heterocycles. The van der Waals surface area contributed by atoms with Crippen molar-refractivity contribution in [2.24, 2.45) is 0 Å². The van der Waals surface area contributed by atoms with E-state index in [0.717, 1.165) is 22.4 Å². The molecule has 0 N–H and O–H groups in total. The summed E-state index contributed by atoms with van der Waals surface area (Å²) < 4.78 is 17.0. The Hall–Kier alpha value is -4.06. The summed E-state index contributed by atoms with van der Waals surface area (Å²) in [6.45, 7) is 4.51. The number of carbonyl (C=O) groups is 2. The summed E-state index contributed by atoms with van der Waals surface area (Å²) >= 11 is 0. The number of carbonyl (C=O) groups excluding carboxylic acids is 2. The third-order valence-electron chi connectivity index (χ3n) is 6.48. The Kier molecular flexibility index (Phi) is 6.03. The van der Waals surface area contributed by atoms with Crippen LogP contribution >= 0.6 is 0 Å². The van der Waals surface area contributed by atoms with Crippen LogP contribution in [-0.4, -0.2) is 25.6 Å². The SMILES string of the molecule is COc1cc(C2CC(=O)N(c3cccc(C)c3)C3=C2C(=O)OC3)ccc1OCc1ccc(C)cc1. The van der Waals surface area contributed by atoms with Crippen LogP contribution in [0.25, 0.3) is 0 Å². The van der Waals surface area contributed by atoms with Gasteiger partial charge < -0.3 is 14.2 Å². The molecule has 6 heteroatoms. The van der Waals surface area contributed by atoms with E-state index in [0.29, 0.717) is 29.4 Å². The van der Waals surface area contributed by atoms with Gasteiger partial charge in [0.05, 0.1) is 18.4 Å². The molecule has 0 radical (unpaired) electrons. The van der Waals surface area contributed by atoms with Crippen molar-refractivity contribution in [3.63, 3.8) is 0 Å². The highest BCUT2D eigenvalue weighted by Gasteiger charge is 2.43. The second-order valence-corrected chi connectivity index (χ2v) is 8.95. The maximum Gasteiger partial charge on any atom is 0.336 e. The average molecular weight is 470 g/mol. The molecule has 0 saturated carbocycles. The number of aryl methyl sites for hydroxylation is 2. The van der Waals surface area contributed by atoms with Gasteiger partial charge in [0.2, 0.25) is 5.91 Å². The fourth-order valence-electron chi connectivity index (χ4n) is 4.67. The maximum atomic E-state index is 13.3. The zero-order valence-corrected chi connectivity index (χ0v) is 20.0. The molecule has 3 aromatic rings. The molecular formula is C29H27NO5. The Bertz CT molecular complexity index is 1330. The van der Waals surface area contributed by atoms with Crippen molar-refractivity contribution in [2.45, 2.75) is 32.8 Å². The molecule has 2 heterocycles. The molecule has 0 spiro atoms. The van der Waals surface area contributed by atoms with Crippen LogP contribution in [0, 0.1) is 13.8 Å². The second kappa shape index (κ2) is 9.29. The van der Waals surface area contributed by atoms with Crippen LogP contribution in [0.3, 0.4) is 0 Å². The van der Waals surface area contributed by atoms with E-state index in [-0.39, 0.29) is 24.9 Å². The number of hydrogen-bond donors (Lipinski definition) is 0. The summed E-state index contributed by atoms with van der Waals surface area (Å²) in [5.74, 6) is 0.291. The summed E-state index contributed by atoms with van der Waals surface area (Å²) in [5.41, 5.74) is 5.99. The molecule has 1 atom stereocenters. The van der Waals surface area contributed by atoms with Crippen LogP contribution in [-0.2, 0) is 20.9 Å². The highest BCUT2D eigenvalue weighted by Crippen LogP contribution is 2.43. The second-order valence-electron chi connectivity index (χ2n) is 8.95. The molecular weight excluding hydrogens is 442 g/mol. The van der Waals surface area contributed by atoms with Crippen molar-refractivity contribution < 1.29 is 23.8 Å². The number of ether oxygens (including phenoxy) is 3. The average Bonchev–Trinajstić information content (AvgIpc) is 3.24. The third-order valence-corrected chi connectivity index (χ3v) is 6.48. The fourth-order valence-corrected chi connectivity index (χ4v) is 4.67. The molecule has 35 heavy (non-hydrogen) atoms. The zero-order chi connectivity index (χ0) is 24.5. The standard InChI is InChI=1S/C29H27NO5/c1-18-7-9-20(10-8-18)16-34-25-12-11-21(14-26(25)33-3)23-15-27(31)30(22-6-4-5-19(2)13-22)24-17-35-29(32)28(23)24/h4-14,23H,15-17H2,1-3H3. The lowest BCUT2D eigenvalue weighted by Crippen LogP contribution is -2.37. The fraction of sp³-hybridized carbons (Fsp3) is 0.241. The van der Waals surface area contributed by atoms with Crippen LogP contribution < -0.4 is 14.4 Å². The molecule has 0 aromatic heterocycles. The summed E-state index contributed by atoms with van der Waals surface area (Å²) in [7, 11) is 1.58. The van der Waals surface area contributed by atoms with Crippen molar-refractivity contribution in [3.05, 3.63) is 100 Å². The molecule has 6 nitrogen and oxygen atoms in total. The first-order valence-electron chi connectivity index (χ1n) is 11.6. The number of cyclic esters (lactones) is 1. The van der Waals surface area contributed by atoms with Crippen molar-refractivity contribution in [3.8, 4) is 11.5 Å². The number of benzene rings is 3. The molecule has 1 unspecified atom stereocenters. The van der Waals surface area contributed by atoms with Gasteiger partial charge in [-0.25, -0.2) is 4.79 Å². The molecule has 3 aromatic carbocycles. The van der Waals surface area contributed by atoms with Gasteiger partial charge in [0.15, 0.2) is 11.5 Å². The molecule has 178 valence electrons. The van der Waals surface area contributed by atoms with Gasteiger partial charge >= 0.3 is 5.97 Å². The summed E-state index contributed by atoms with van der Waals surface area (Å²) in [6.07, 6.45) is 0.161. The first-order chi connectivity index (χ1) is 16.9. The van der Waals surface area contributed by atoms with Crippen LogP contribution in [0.2, 0.25) is 0 Å². The summed E-state index contributed by atoms with van der Waals surface area (Å²) in [5, 5.41) is 0. The van der Waals surface area contributed by atoms with Gasteiger partial charge in [0.1, 0.15) is 13.2 Å². The van der Waals surface area contributed by atoms with E-state index in [2.05, 4.69) is 0 Å². The highest BCUT2D eigenvalue weighted by molar-refractivity contribution is 6.06. The van der Waals surface area contributed by atoms with Crippen molar-refractivity contribution >= 4 is 17.6 Å². The first-order valence-corrected chi connectivity index (χ1v) is 11.6. The maximum absolute atomic E-state index is 13.3. The Balaban J connectivity index is 1.45. The lowest BCUT2D eigenvalue weighted by Gasteiger charge is -2.32. The number of amides is 1. The summed E-state index contributed by atoms with van der Waals surface area (Å²) in [6, 6.07) is 21.4. The quantitative estimate of drug-likeness (QED) is 0.463. The van der Waals surface area contributed by atoms with Gasteiger partial charge in [0.25, 0.3) is 0 Å². The molecule has 1 amide bonds. The van der Waals surface area contributed by atoms with E-state index in [4.69, 9.17) is 14.2 Å². The van der Waals surface area contributed by atoms with Gasteiger partial charge in [-0.1, -0.05) is 48.0 Å². The predicted molar refractivity (Wildman–Crippen MR) is 133 cm³/mol. The molecule has 0 fully saturated rings. The monoisotopic (exact) mass is 469 g/mol. The summed E-state index contributed by atoms with van der Waals surface area (Å²) in [4.78, 5) is 27.7. The van der Waals surface area contributed by atoms with Crippen molar-refractivity contribution in [1.29, 1.82) is 0 Å². The number of anilines is 1. The van der Waals surface area contributed by atoms with Crippen LogP contribution in [0.1, 0.15) is 34.6 Å². The van der Waals surface area contributed by atoms with E-state index in [1.165, 1.54) is 5.56 Å². The molecule has 5 rings (SSSR count).